The number of benzene rings is 1. The van der Waals surface area contributed by atoms with Crippen molar-refractivity contribution in [1.29, 1.82) is 0 Å². The average molecular weight is 384 g/mol. The van der Waals surface area contributed by atoms with Gasteiger partial charge in [0.1, 0.15) is 0 Å². The number of ether oxygens (including phenoxy) is 2. The van der Waals surface area contributed by atoms with Crippen LogP contribution in [-0.4, -0.2) is 61.8 Å². The molecule has 3 aliphatic heterocycles. The quantitative estimate of drug-likeness (QED) is 0.749. The normalized spacial score (nSPS) is 22.8. The summed E-state index contributed by atoms with van der Waals surface area (Å²) >= 11 is 0. The van der Waals surface area contributed by atoms with Gasteiger partial charge in [-0.25, -0.2) is 0 Å². The maximum absolute atomic E-state index is 13.0. The average Bonchev–Trinajstić information content (AvgIpc) is 3.25. The Morgan fingerprint density at radius 1 is 1.14 bits per heavy atom. The fourth-order valence-corrected chi connectivity index (χ4v) is 4.34. The zero-order chi connectivity index (χ0) is 19.5. The van der Waals surface area contributed by atoms with E-state index in [1.54, 1.807) is 4.90 Å². The van der Waals surface area contributed by atoms with Crippen LogP contribution in [0.5, 0.6) is 0 Å². The van der Waals surface area contributed by atoms with E-state index in [1.807, 2.05) is 23.1 Å². The summed E-state index contributed by atoms with van der Waals surface area (Å²) in [6.45, 7) is 7.20. The molecule has 4 rings (SSSR count). The van der Waals surface area contributed by atoms with E-state index in [9.17, 15) is 9.59 Å². The highest BCUT2D eigenvalue weighted by Gasteiger charge is 2.28. The van der Waals surface area contributed by atoms with Gasteiger partial charge in [-0.3, -0.25) is 9.59 Å². The van der Waals surface area contributed by atoms with E-state index < -0.39 is 0 Å². The largest absolute Gasteiger partial charge is 0.379 e. The van der Waals surface area contributed by atoms with Crippen molar-refractivity contribution in [2.75, 3.05) is 37.7 Å². The second-order valence-electron chi connectivity index (χ2n) is 7.75. The SMILES string of the molecule is C=CC(=O)N1CCCc2cc(C(=O)N3CCC(OC4CCOC4)CC3)ccc21. The van der Waals surface area contributed by atoms with Crippen molar-refractivity contribution in [2.24, 2.45) is 0 Å². The summed E-state index contributed by atoms with van der Waals surface area (Å²) in [6, 6.07) is 5.70. The second kappa shape index (κ2) is 8.45. The summed E-state index contributed by atoms with van der Waals surface area (Å²) in [5.74, 6) is -0.0209. The molecule has 0 radical (unpaired) electrons. The van der Waals surface area contributed by atoms with Crippen LogP contribution >= 0.6 is 0 Å². The molecule has 3 aliphatic rings. The van der Waals surface area contributed by atoms with Gasteiger partial charge in [0, 0.05) is 37.5 Å². The van der Waals surface area contributed by atoms with Gasteiger partial charge in [-0.05, 0) is 61.9 Å². The molecule has 28 heavy (non-hydrogen) atoms. The molecule has 0 aliphatic carbocycles. The molecule has 1 aromatic rings. The lowest BCUT2D eigenvalue weighted by atomic mass is 9.98. The molecule has 0 bridgehead atoms. The number of carbonyl (C=O) groups excluding carboxylic acids is 2. The standard InChI is InChI=1S/C22H28N2O4/c1-2-21(25)24-10-3-4-16-14-17(5-6-20(16)24)22(26)23-11-7-18(8-12-23)28-19-9-13-27-15-19/h2,5-6,14,18-19H,1,3-4,7-13,15H2. The van der Waals surface area contributed by atoms with Crippen molar-refractivity contribution < 1.29 is 19.1 Å². The Morgan fingerprint density at radius 3 is 2.68 bits per heavy atom. The molecule has 3 heterocycles. The van der Waals surface area contributed by atoms with Crippen LogP contribution in [0, 0.1) is 0 Å². The Kier molecular flexibility index (Phi) is 5.78. The summed E-state index contributed by atoms with van der Waals surface area (Å²) in [7, 11) is 0. The van der Waals surface area contributed by atoms with Crippen molar-refractivity contribution in [1.82, 2.24) is 4.90 Å². The van der Waals surface area contributed by atoms with Crippen molar-refractivity contribution in [3.05, 3.63) is 42.0 Å². The molecule has 2 fully saturated rings. The number of nitrogens with zero attached hydrogens (tertiary/aromatic N) is 2. The molecule has 150 valence electrons. The molecule has 2 saturated heterocycles. The van der Waals surface area contributed by atoms with Gasteiger partial charge < -0.3 is 19.3 Å². The maximum atomic E-state index is 13.0. The van der Waals surface area contributed by atoms with Crippen LogP contribution < -0.4 is 4.90 Å². The lowest BCUT2D eigenvalue weighted by molar-refractivity contribution is -0.114. The van der Waals surface area contributed by atoms with E-state index >= 15 is 0 Å². The summed E-state index contributed by atoms with van der Waals surface area (Å²) < 4.78 is 11.5. The van der Waals surface area contributed by atoms with Crippen molar-refractivity contribution in [2.45, 2.75) is 44.3 Å². The Balaban J connectivity index is 1.39. The number of hydrogen-bond donors (Lipinski definition) is 0. The van der Waals surface area contributed by atoms with Crippen LogP contribution in [0.1, 0.15) is 41.6 Å². The summed E-state index contributed by atoms with van der Waals surface area (Å²) in [4.78, 5) is 28.7. The molecule has 1 unspecified atom stereocenters. The molecular formula is C22H28N2O4. The Labute approximate surface area is 166 Å². The van der Waals surface area contributed by atoms with E-state index in [0.29, 0.717) is 18.7 Å². The summed E-state index contributed by atoms with van der Waals surface area (Å²) in [5, 5.41) is 0. The Bertz CT molecular complexity index is 749. The number of amides is 2. The number of hydrogen-bond acceptors (Lipinski definition) is 4. The first kappa shape index (κ1) is 19.2. The number of piperidine rings is 1. The van der Waals surface area contributed by atoms with Crippen molar-refractivity contribution in [3.8, 4) is 0 Å². The van der Waals surface area contributed by atoms with Crippen molar-refractivity contribution in [3.63, 3.8) is 0 Å². The van der Waals surface area contributed by atoms with Crippen LogP contribution in [0.4, 0.5) is 5.69 Å². The number of likely N-dealkylation sites (tertiary alicyclic amines) is 1. The summed E-state index contributed by atoms with van der Waals surface area (Å²) in [6.07, 6.45) is 6.28. The Morgan fingerprint density at radius 2 is 1.96 bits per heavy atom. The van der Waals surface area contributed by atoms with Gasteiger partial charge in [0.05, 0.1) is 18.8 Å². The zero-order valence-corrected chi connectivity index (χ0v) is 16.3. The maximum Gasteiger partial charge on any atom is 0.253 e. The predicted octanol–water partition coefficient (Wildman–Crippen LogP) is 2.56. The van der Waals surface area contributed by atoms with Crippen LogP contribution in [-0.2, 0) is 20.7 Å². The number of rotatable bonds is 4. The molecule has 1 atom stereocenters. The molecule has 6 nitrogen and oxygen atoms in total. The fraction of sp³-hybridized carbons (Fsp3) is 0.545. The van der Waals surface area contributed by atoms with Crippen LogP contribution in [0.25, 0.3) is 0 Å². The van der Waals surface area contributed by atoms with E-state index in [-0.39, 0.29) is 24.0 Å². The topological polar surface area (TPSA) is 59.1 Å². The molecule has 1 aromatic carbocycles. The molecule has 0 N–H and O–H groups in total. The van der Waals surface area contributed by atoms with Gasteiger partial charge in [0.25, 0.3) is 5.91 Å². The number of fused-ring (bicyclic) bond motifs is 1. The predicted molar refractivity (Wildman–Crippen MR) is 107 cm³/mol. The first-order valence-electron chi connectivity index (χ1n) is 10.2. The van der Waals surface area contributed by atoms with E-state index in [4.69, 9.17) is 9.47 Å². The highest BCUT2D eigenvalue weighted by molar-refractivity contribution is 6.02. The number of carbonyl (C=O) groups is 2. The van der Waals surface area contributed by atoms with Gasteiger partial charge >= 0.3 is 0 Å². The number of anilines is 1. The first-order chi connectivity index (χ1) is 13.7. The third kappa shape index (κ3) is 3.98. The second-order valence-corrected chi connectivity index (χ2v) is 7.75. The summed E-state index contributed by atoms with van der Waals surface area (Å²) in [5.41, 5.74) is 2.67. The van der Waals surface area contributed by atoms with Gasteiger partial charge in [-0.1, -0.05) is 6.58 Å². The minimum atomic E-state index is -0.0882. The monoisotopic (exact) mass is 384 g/mol. The molecular weight excluding hydrogens is 356 g/mol. The van der Waals surface area contributed by atoms with Crippen LogP contribution in [0.2, 0.25) is 0 Å². The van der Waals surface area contributed by atoms with Crippen LogP contribution in [0.3, 0.4) is 0 Å². The minimum Gasteiger partial charge on any atom is -0.379 e. The van der Waals surface area contributed by atoms with Crippen molar-refractivity contribution >= 4 is 17.5 Å². The Hall–Kier alpha value is -2.18. The highest BCUT2D eigenvalue weighted by Crippen LogP contribution is 2.29. The zero-order valence-electron chi connectivity index (χ0n) is 16.3. The molecule has 0 saturated carbocycles. The van der Waals surface area contributed by atoms with Crippen LogP contribution in [0.15, 0.2) is 30.9 Å². The molecule has 0 aromatic heterocycles. The third-order valence-electron chi connectivity index (χ3n) is 5.89. The highest BCUT2D eigenvalue weighted by atomic mass is 16.5. The minimum absolute atomic E-state index is 0.0672. The van der Waals surface area contributed by atoms with Gasteiger partial charge in [-0.2, -0.15) is 0 Å². The number of aryl methyl sites for hydroxylation is 1. The lowest BCUT2D eigenvalue weighted by Gasteiger charge is -2.33. The third-order valence-corrected chi connectivity index (χ3v) is 5.89. The van der Waals surface area contributed by atoms with Gasteiger partial charge in [-0.15, -0.1) is 0 Å². The lowest BCUT2D eigenvalue weighted by Crippen LogP contribution is -2.42. The molecule has 6 heteroatoms. The van der Waals surface area contributed by atoms with Gasteiger partial charge in [0.2, 0.25) is 5.91 Å². The van der Waals surface area contributed by atoms with E-state index in [2.05, 4.69) is 6.58 Å². The van der Waals surface area contributed by atoms with Gasteiger partial charge in [0.15, 0.2) is 0 Å². The molecule has 0 spiro atoms. The smallest absolute Gasteiger partial charge is 0.253 e. The first-order valence-corrected chi connectivity index (χ1v) is 10.2. The van der Waals surface area contributed by atoms with E-state index in [0.717, 1.165) is 63.1 Å². The van der Waals surface area contributed by atoms with E-state index in [1.165, 1.54) is 6.08 Å². The molecule has 2 amide bonds. The fourth-order valence-electron chi connectivity index (χ4n) is 4.34.